The van der Waals surface area contributed by atoms with Crippen LogP contribution in [0.1, 0.15) is 12.5 Å². The summed E-state index contributed by atoms with van der Waals surface area (Å²) < 4.78 is 27.1. The lowest BCUT2D eigenvalue weighted by Gasteiger charge is -2.18. The molecule has 4 rings (SSSR count). The number of halogens is 1. The molecule has 2 aromatic carbocycles. The SMILES string of the molecule is CCN=c1scc(-c2ccccc2F)n1/N=C\c1ccc2c(c1)OCCO2. The van der Waals surface area contributed by atoms with E-state index in [1.165, 1.54) is 17.4 Å². The number of hydrogen-bond donors (Lipinski definition) is 0. The fraction of sp³-hybridized carbons (Fsp3) is 0.200. The molecule has 2 heterocycles. The Hall–Kier alpha value is -2.93. The normalized spacial score (nSPS) is 14.1. The molecule has 0 atom stereocenters. The molecule has 1 aromatic heterocycles. The fourth-order valence-electron chi connectivity index (χ4n) is 2.77. The molecule has 3 aromatic rings. The molecule has 0 saturated heterocycles. The third-order valence-corrected chi connectivity index (χ3v) is 4.87. The minimum absolute atomic E-state index is 0.290. The highest BCUT2D eigenvalue weighted by atomic mass is 32.1. The Bertz CT molecular complexity index is 1060. The van der Waals surface area contributed by atoms with Crippen LogP contribution in [0.2, 0.25) is 0 Å². The van der Waals surface area contributed by atoms with Crippen LogP contribution < -0.4 is 14.3 Å². The summed E-state index contributed by atoms with van der Waals surface area (Å²) in [5.41, 5.74) is 2.02. The number of thiazole rings is 1. The first-order valence-electron chi connectivity index (χ1n) is 8.66. The highest BCUT2D eigenvalue weighted by molar-refractivity contribution is 7.07. The minimum atomic E-state index is -0.290. The van der Waals surface area contributed by atoms with Gasteiger partial charge in [-0.15, -0.1) is 11.3 Å². The second-order valence-corrected chi connectivity index (χ2v) is 6.65. The molecule has 0 saturated carbocycles. The summed E-state index contributed by atoms with van der Waals surface area (Å²) in [7, 11) is 0. The highest BCUT2D eigenvalue weighted by Gasteiger charge is 2.13. The Morgan fingerprint density at radius 3 is 2.78 bits per heavy atom. The molecule has 0 spiro atoms. The highest BCUT2D eigenvalue weighted by Crippen LogP contribution is 2.30. The van der Waals surface area contributed by atoms with Gasteiger partial charge in [-0.25, -0.2) is 9.07 Å². The van der Waals surface area contributed by atoms with Crippen molar-refractivity contribution in [2.24, 2.45) is 10.1 Å². The van der Waals surface area contributed by atoms with E-state index in [1.54, 1.807) is 23.0 Å². The Kier molecular flexibility index (Phi) is 5.02. The van der Waals surface area contributed by atoms with Crippen LogP contribution in [0.15, 0.2) is 57.9 Å². The van der Waals surface area contributed by atoms with E-state index in [-0.39, 0.29) is 5.82 Å². The zero-order valence-electron chi connectivity index (χ0n) is 14.8. The van der Waals surface area contributed by atoms with Gasteiger partial charge in [-0.3, -0.25) is 4.99 Å². The summed E-state index contributed by atoms with van der Waals surface area (Å²) >= 11 is 1.43. The molecule has 5 nitrogen and oxygen atoms in total. The van der Waals surface area contributed by atoms with Gasteiger partial charge in [0.1, 0.15) is 19.0 Å². The third-order valence-electron chi connectivity index (χ3n) is 4.02. The molecule has 138 valence electrons. The lowest BCUT2D eigenvalue weighted by Crippen LogP contribution is -2.15. The number of rotatable bonds is 4. The molecule has 0 unspecified atom stereocenters. The van der Waals surface area contributed by atoms with E-state index in [0.717, 1.165) is 11.3 Å². The van der Waals surface area contributed by atoms with Gasteiger partial charge in [-0.1, -0.05) is 12.1 Å². The Morgan fingerprint density at radius 2 is 1.96 bits per heavy atom. The van der Waals surface area contributed by atoms with E-state index in [2.05, 4.69) is 10.1 Å². The van der Waals surface area contributed by atoms with Crippen molar-refractivity contribution in [1.29, 1.82) is 0 Å². The van der Waals surface area contributed by atoms with Crippen molar-refractivity contribution in [3.63, 3.8) is 0 Å². The second-order valence-electron chi connectivity index (χ2n) is 5.82. The first-order valence-corrected chi connectivity index (χ1v) is 9.54. The summed E-state index contributed by atoms with van der Waals surface area (Å²) in [6.07, 6.45) is 1.71. The van der Waals surface area contributed by atoms with Gasteiger partial charge in [0.05, 0.1) is 11.9 Å². The average molecular weight is 383 g/mol. The summed E-state index contributed by atoms with van der Waals surface area (Å²) in [5, 5.41) is 6.44. The maximum absolute atomic E-state index is 14.3. The molecule has 0 fully saturated rings. The minimum Gasteiger partial charge on any atom is -0.486 e. The molecule has 0 N–H and O–H groups in total. The summed E-state index contributed by atoms with van der Waals surface area (Å²) in [6.45, 7) is 3.66. The summed E-state index contributed by atoms with van der Waals surface area (Å²) in [5.74, 6) is 1.14. The van der Waals surface area contributed by atoms with Crippen LogP contribution in [0.25, 0.3) is 11.3 Å². The van der Waals surface area contributed by atoms with Gasteiger partial charge in [0, 0.05) is 17.5 Å². The molecule has 7 heteroatoms. The molecular formula is C20H18FN3O2S. The van der Waals surface area contributed by atoms with Crippen LogP contribution in [0.3, 0.4) is 0 Å². The monoisotopic (exact) mass is 383 g/mol. The van der Waals surface area contributed by atoms with Gasteiger partial charge in [0.25, 0.3) is 0 Å². The Labute approximate surface area is 160 Å². The number of fused-ring (bicyclic) bond motifs is 1. The average Bonchev–Trinajstić information content (AvgIpc) is 3.09. The van der Waals surface area contributed by atoms with Crippen molar-refractivity contribution in [3.8, 4) is 22.8 Å². The molecule has 0 radical (unpaired) electrons. The molecule has 1 aliphatic heterocycles. The molecular weight excluding hydrogens is 365 g/mol. The number of hydrogen-bond acceptors (Lipinski definition) is 5. The number of benzene rings is 2. The fourth-order valence-corrected chi connectivity index (χ4v) is 3.67. The molecule has 27 heavy (non-hydrogen) atoms. The van der Waals surface area contributed by atoms with Crippen molar-refractivity contribution in [2.75, 3.05) is 19.8 Å². The predicted octanol–water partition coefficient (Wildman–Crippen LogP) is 3.93. The van der Waals surface area contributed by atoms with E-state index in [9.17, 15) is 4.39 Å². The Morgan fingerprint density at radius 1 is 1.15 bits per heavy atom. The van der Waals surface area contributed by atoms with Crippen LogP contribution >= 0.6 is 11.3 Å². The van der Waals surface area contributed by atoms with Crippen molar-refractivity contribution < 1.29 is 13.9 Å². The molecule has 0 bridgehead atoms. The maximum atomic E-state index is 14.3. The lowest BCUT2D eigenvalue weighted by molar-refractivity contribution is 0.171. The van der Waals surface area contributed by atoms with Gasteiger partial charge < -0.3 is 9.47 Å². The van der Waals surface area contributed by atoms with E-state index >= 15 is 0 Å². The zero-order valence-corrected chi connectivity index (χ0v) is 15.6. The first kappa shape index (κ1) is 17.5. The largest absolute Gasteiger partial charge is 0.486 e. The van der Waals surface area contributed by atoms with Crippen LogP contribution in [0.4, 0.5) is 4.39 Å². The number of ether oxygens (including phenoxy) is 2. The maximum Gasteiger partial charge on any atom is 0.206 e. The van der Waals surface area contributed by atoms with Crippen molar-refractivity contribution in [2.45, 2.75) is 6.92 Å². The van der Waals surface area contributed by atoms with Crippen molar-refractivity contribution >= 4 is 17.6 Å². The Balaban J connectivity index is 1.75. The van der Waals surface area contributed by atoms with Crippen LogP contribution in [-0.2, 0) is 0 Å². The van der Waals surface area contributed by atoms with Crippen LogP contribution in [-0.4, -0.2) is 30.6 Å². The summed E-state index contributed by atoms with van der Waals surface area (Å²) in [6, 6.07) is 12.3. The van der Waals surface area contributed by atoms with Crippen LogP contribution in [0.5, 0.6) is 11.5 Å². The van der Waals surface area contributed by atoms with Crippen molar-refractivity contribution in [1.82, 2.24) is 4.68 Å². The van der Waals surface area contributed by atoms with E-state index in [0.29, 0.717) is 41.6 Å². The molecule has 0 aliphatic carbocycles. The number of aromatic nitrogens is 1. The number of nitrogens with zero attached hydrogens (tertiary/aromatic N) is 3. The third kappa shape index (κ3) is 3.64. The smallest absolute Gasteiger partial charge is 0.206 e. The summed E-state index contributed by atoms with van der Waals surface area (Å²) in [4.78, 5) is 5.18. The lowest BCUT2D eigenvalue weighted by atomic mass is 10.1. The van der Waals surface area contributed by atoms with Gasteiger partial charge in [0.2, 0.25) is 4.80 Å². The predicted molar refractivity (Wildman–Crippen MR) is 104 cm³/mol. The van der Waals surface area contributed by atoms with E-state index in [4.69, 9.17) is 9.47 Å². The first-order chi connectivity index (χ1) is 13.3. The zero-order chi connectivity index (χ0) is 18.6. The standard InChI is InChI=1S/C20H18FN3O2S/c1-2-22-20-24(17(13-27-20)15-5-3-4-6-16(15)21)23-12-14-7-8-18-19(11-14)26-10-9-25-18/h3-8,11-13H,2,9-10H2,1H3/b22-20?,23-12-. The van der Waals surface area contributed by atoms with Crippen LogP contribution in [0, 0.1) is 5.82 Å². The van der Waals surface area contributed by atoms with E-state index in [1.807, 2.05) is 36.6 Å². The topological polar surface area (TPSA) is 48.1 Å². The van der Waals surface area contributed by atoms with Gasteiger partial charge in [-0.05, 0) is 42.8 Å². The quantitative estimate of drug-likeness (QED) is 0.641. The van der Waals surface area contributed by atoms with Gasteiger partial charge in [-0.2, -0.15) is 5.10 Å². The molecule has 0 amide bonds. The second kappa shape index (κ2) is 7.75. The van der Waals surface area contributed by atoms with Crippen molar-refractivity contribution in [3.05, 3.63) is 64.0 Å². The molecule has 1 aliphatic rings. The van der Waals surface area contributed by atoms with Gasteiger partial charge >= 0.3 is 0 Å². The van der Waals surface area contributed by atoms with E-state index < -0.39 is 0 Å². The van der Waals surface area contributed by atoms with Gasteiger partial charge in [0.15, 0.2) is 11.5 Å².